The Morgan fingerprint density at radius 2 is 1.90 bits per heavy atom. The van der Waals surface area contributed by atoms with Gasteiger partial charge in [-0.05, 0) is 42.7 Å². The third-order valence-corrected chi connectivity index (χ3v) is 5.34. The minimum atomic E-state index is -1.69. The van der Waals surface area contributed by atoms with Crippen LogP contribution >= 0.6 is 0 Å². The van der Waals surface area contributed by atoms with Crippen molar-refractivity contribution in [1.29, 1.82) is 0 Å². The van der Waals surface area contributed by atoms with Crippen LogP contribution in [0.3, 0.4) is 0 Å². The van der Waals surface area contributed by atoms with Crippen LogP contribution in [0.15, 0.2) is 42.5 Å². The molecule has 2 atom stereocenters. The van der Waals surface area contributed by atoms with Crippen LogP contribution in [-0.4, -0.2) is 53.3 Å². The maximum atomic E-state index is 14.5. The smallest absolute Gasteiger partial charge is 0.314 e. The lowest BCUT2D eigenvalue weighted by molar-refractivity contribution is -0.161. The third kappa shape index (κ3) is 3.93. The Balaban J connectivity index is 1.92. The first-order chi connectivity index (χ1) is 13.8. The molecule has 1 amide bonds. The number of halogens is 2. The number of ether oxygens (including phenoxy) is 1. The van der Waals surface area contributed by atoms with E-state index in [0.717, 1.165) is 0 Å². The molecule has 0 unspecified atom stereocenters. The summed E-state index contributed by atoms with van der Waals surface area (Å²) in [5.74, 6) is -3.35. The molecule has 1 aliphatic rings. The fourth-order valence-corrected chi connectivity index (χ4v) is 3.68. The Hall–Kier alpha value is -3.00. The van der Waals surface area contributed by atoms with E-state index in [4.69, 9.17) is 4.74 Å². The Morgan fingerprint density at radius 3 is 2.52 bits per heavy atom. The molecule has 0 aromatic heterocycles. The van der Waals surface area contributed by atoms with E-state index < -0.39 is 35.0 Å². The summed E-state index contributed by atoms with van der Waals surface area (Å²) in [5, 5.41) is 20.4. The molecular formula is C21H21F2NO5. The monoisotopic (exact) mass is 405 g/mol. The zero-order valence-corrected chi connectivity index (χ0v) is 15.8. The summed E-state index contributed by atoms with van der Waals surface area (Å²) < 4.78 is 32.6. The van der Waals surface area contributed by atoms with Crippen LogP contribution in [0.1, 0.15) is 22.3 Å². The predicted molar refractivity (Wildman–Crippen MR) is 99.7 cm³/mol. The molecule has 2 N–H and O–H groups in total. The van der Waals surface area contributed by atoms with Gasteiger partial charge in [-0.1, -0.05) is 18.2 Å². The SMILES string of the molecule is COc1cccc(C(=O)N2CC[C@@H](O)[C@](Cc3ccc(F)cc3)(C(=O)O)C2)c1F. The predicted octanol–water partition coefficient (Wildman–Crippen LogP) is 2.49. The minimum Gasteiger partial charge on any atom is -0.494 e. The maximum absolute atomic E-state index is 14.5. The van der Waals surface area contributed by atoms with Gasteiger partial charge in [0, 0.05) is 13.1 Å². The normalized spacial score (nSPS) is 21.7. The van der Waals surface area contributed by atoms with Gasteiger partial charge in [0.15, 0.2) is 11.6 Å². The summed E-state index contributed by atoms with van der Waals surface area (Å²) in [4.78, 5) is 26.3. The number of piperidine rings is 1. The molecule has 8 heteroatoms. The number of aliphatic carboxylic acids is 1. The van der Waals surface area contributed by atoms with E-state index in [0.29, 0.717) is 5.56 Å². The number of hydrogen-bond acceptors (Lipinski definition) is 4. The van der Waals surface area contributed by atoms with Gasteiger partial charge in [0.1, 0.15) is 11.2 Å². The quantitative estimate of drug-likeness (QED) is 0.798. The standard InChI is InChI=1S/C21H21F2NO5/c1-29-16-4-2-3-15(18(16)23)19(26)24-10-9-17(25)21(12-24,20(27)28)11-13-5-7-14(22)8-6-13/h2-8,17,25H,9-12H2,1H3,(H,27,28)/t17-,21-/m1/s1. The zero-order chi connectivity index (χ0) is 21.2. The molecule has 2 aromatic rings. The second-order valence-corrected chi connectivity index (χ2v) is 7.12. The van der Waals surface area contributed by atoms with Crippen molar-refractivity contribution in [1.82, 2.24) is 4.90 Å². The number of carboxylic acid groups (broad SMARTS) is 1. The number of aliphatic hydroxyl groups excluding tert-OH is 1. The highest BCUT2D eigenvalue weighted by molar-refractivity contribution is 5.95. The van der Waals surface area contributed by atoms with Crippen LogP contribution < -0.4 is 4.74 Å². The molecule has 154 valence electrons. The van der Waals surface area contributed by atoms with Crippen LogP contribution in [0, 0.1) is 17.0 Å². The first-order valence-corrected chi connectivity index (χ1v) is 9.06. The van der Waals surface area contributed by atoms with E-state index in [1.165, 1.54) is 54.5 Å². The minimum absolute atomic E-state index is 0.0187. The van der Waals surface area contributed by atoms with Crippen molar-refractivity contribution in [2.75, 3.05) is 20.2 Å². The van der Waals surface area contributed by atoms with Gasteiger partial charge in [-0.25, -0.2) is 8.78 Å². The summed E-state index contributed by atoms with van der Waals surface area (Å²) >= 11 is 0. The lowest BCUT2D eigenvalue weighted by Crippen LogP contribution is -2.58. The zero-order valence-electron chi connectivity index (χ0n) is 15.8. The first kappa shape index (κ1) is 20.7. The van der Waals surface area contributed by atoms with Gasteiger partial charge in [0.05, 0.1) is 18.8 Å². The Bertz CT molecular complexity index is 918. The third-order valence-electron chi connectivity index (χ3n) is 5.34. The van der Waals surface area contributed by atoms with Gasteiger partial charge >= 0.3 is 5.97 Å². The summed E-state index contributed by atoms with van der Waals surface area (Å²) in [6, 6.07) is 9.43. The molecule has 0 bridgehead atoms. The van der Waals surface area contributed by atoms with Gasteiger partial charge in [-0.3, -0.25) is 9.59 Å². The van der Waals surface area contributed by atoms with Crippen LogP contribution in [-0.2, 0) is 11.2 Å². The highest BCUT2D eigenvalue weighted by atomic mass is 19.1. The average molecular weight is 405 g/mol. The molecule has 3 rings (SSSR count). The highest BCUT2D eigenvalue weighted by Gasteiger charge is 2.50. The lowest BCUT2D eigenvalue weighted by Gasteiger charge is -2.43. The van der Waals surface area contributed by atoms with Gasteiger partial charge in [0.2, 0.25) is 0 Å². The number of likely N-dealkylation sites (tertiary alicyclic amines) is 1. The Morgan fingerprint density at radius 1 is 1.21 bits per heavy atom. The topological polar surface area (TPSA) is 87.1 Å². The van der Waals surface area contributed by atoms with Crippen LogP contribution in [0.2, 0.25) is 0 Å². The van der Waals surface area contributed by atoms with E-state index in [9.17, 15) is 28.6 Å². The van der Waals surface area contributed by atoms with Gasteiger partial charge in [0.25, 0.3) is 5.91 Å². The Labute approximate surface area is 166 Å². The Kier molecular flexibility index (Phi) is 5.83. The molecular weight excluding hydrogens is 384 g/mol. The molecule has 1 fully saturated rings. The molecule has 29 heavy (non-hydrogen) atoms. The molecule has 2 aromatic carbocycles. The van der Waals surface area contributed by atoms with Crippen molar-refractivity contribution in [3.8, 4) is 5.75 Å². The van der Waals surface area contributed by atoms with Gasteiger partial charge in [-0.15, -0.1) is 0 Å². The number of aliphatic hydroxyl groups is 1. The summed E-state index contributed by atoms with van der Waals surface area (Å²) in [7, 11) is 1.28. The number of amides is 1. The van der Waals surface area contributed by atoms with Crippen molar-refractivity contribution < 1.29 is 33.3 Å². The average Bonchev–Trinajstić information content (AvgIpc) is 2.71. The van der Waals surface area contributed by atoms with E-state index in [2.05, 4.69) is 0 Å². The number of carbonyl (C=O) groups is 2. The van der Waals surface area contributed by atoms with Crippen LogP contribution in [0.5, 0.6) is 5.75 Å². The number of methoxy groups -OCH3 is 1. The number of hydrogen-bond donors (Lipinski definition) is 2. The first-order valence-electron chi connectivity index (χ1n) is 9.06. The molecule has 6 nitrogen and oxygen atoms in total. The second-order valence-electron chi connectivity index (χ2n) is 7.12. The number of rotatable bonds is 5. The highest BCUT2D eigenvalue weighted by Crippen LogP contribution is 2.36. The molecule has 1 heterocycles. The fraction of sp³-hybridized carbons (Fsp3) is 0.333. The summed E-state index contributed by atoms with van der Waals surface area (Å²) in [6.07, 6.45) is -1.30. The van der Waals surface area contributed by atoms with Crippen molar-refractivity contribution in [2.45, 2.75) is 18.9 Å². The molecule has 0 radical (unpaired) electrons. The van der Waals surface area contributed by atoms with E-state index in [-0.39, 0.29) is 37.2 Å². The molecule has 0 saturated carbocycles. The van der Waals surface area contributed by atoms with Crippen molar-refractivity contribution >= 4 is 11.9 Å². The maximum Gasteiger partial charge on any atom is 0.314 e. The molecule has 0 spiro atoms. The van der Waals surface area contributed by atoms with Crippen molar-refractivity contribution in [2.24, 2.45) is 5.41 Å². The lowest BCUT2D eigenvalue weighted by atomic mass is 9.72. The number of benzene rings is 2. The van der Waals surface area contributed by atoms with Crippen LogP contribution in [0.4, 0.5) is 8.78 Å². The van der Waals surface area contributed by atoms with Gasteiger partial charge in [-0.2, -0.15) is 0 Å². The number of carboxylic acids is 1. The number of nitrogens with zero attached hydrogens (tertiary/aromatic N) is 1. The van der Waals surface area contributed by atoms with Gasteiger partial charge < -0.3 is 19.8 Å². The second kappa shape index (κ2) is 8.16. The molecule has 0 aliphatic carbocycles. The summed E-state index contributed by atoms with van der Waals surface area (Å²) in [6.45, 7) is -0.231. The fourth-order valence-electron chi connectivity index (χ4n) is 3.68. The largest absolute Gasteiger partial charge is 0.494 e. The number of carbonyl (C=O) groups excluding carboxylic acids is 1. The van der Waals surface area contributed by atoms with E-state index in [1.54, 1.807) is 0 Å². The van der Waals surface area contributed by atoms with E-state index >= 15 is 0 Å². The summed E-state index contributed by atoms with van der Waals surface area (Å²) in [5.41, 5.74) is -1.42. The van der Waals surface area contributed by atoms with Crippen molar-refractivity contribution in [3.05, 3.63) is 65.2 Å². The van der Waals surface area contributed by atoms with E-state index in [1.807, 2.05) is 0 Å². The van der Waals surface area contributed by atoms with Crippen molar-refractivity contribution in [3.63, 3.8) is 0 Å². The van der Waals surface area contributed by atoms with Crippen LogP contribution in [0.25, 0.3) is 0 Å². The molecule has 1 aliphatic heterocycles. The molecule has 1 saturated heterocycles.